The summed E-state index contributed by atoms with van der Waals surface area (Å²) in [4.78, 5) is 16.7. The molecule has 162 valence electrons. The minimum Gasteiger partial charge on any atom is -0.473 e. The number of hydrogen-bond acceptors (Lipinski definition) is 4. The van der Waals surface area contributed by atoms with E-state index in [4.69, 9.17) is 4.74 Å². The molecular weight excluding hydrogens is 400 g/mol. The predicted molar refractivity (Wildman–Crippen MR) is 124 cm³/mol. The minimum atomic E-state index is -0.131. The number of aryl methyl sites for hydroxylation is 2. The Balaban J connectivity index is 1.26. The predicted octanol–water partition coefficient (Wildman–Crippen LogP) is 4.52. The van der Waals surface area contributed by atoms with Crippen molar-refractivity contribution in [3.8, 4) is 11.6 Å². The van der Waals surface area contributed by atoms with E-state index in [9.17, 15) is 4.79 Å². The maximum atomic E-state index is 12.5. The number of aromatic nitrogens is 3. The maximum absolute atomic E-state index is 12.5. The van der Waals surface area contributed by atoms with Gasteiger partial charge in [0, 0.05) is 30.6 Å². The molecule has 0 unspecified atom stereocenters. The molecule has 0 aliphatic rings. The Hall–Kier alpha value is -3.93. The second-order valence-corrected chi connectivity index (χ2v) is 7.54. The highest BCUT2D eigenvalue weighted by Crippen LogP contribution is 2.14. The Bertz CT molecular complexity index is 1160. The van der Waals surface area contributed by atoms with Gasteiger partial charge in [0.25, 0.3) is 5.91 Å². The highest BCUT2D eigenvalue weighted by atomic mass is 16.5. The number of rotatable bonds is 9. The van der Waals surface area contributed by atoms with Crippen molar-refractivity contribution in [2.45, 2.75) is 26.4 Å². The van der Waals surface area contributed by atoms with Crippen LogP contribution in [0.4, 0.5) is 0 Å². The second-order valence-electron chi connectivity index (χ2n) is 7.54. The number of carbonyl (C=O) groups excluding carboxylic acids is 1. The summed E-state index contributed by atoms with van der Waals surface area (Å²) in [6.07, 6.45) is 5.33. The van der Waals surface area contributed by atoms with Crippen LogP contribution in [0.5, 0.6) is 5.88 Å². The van der Waals surface area contributed by atoms with E-state index in [-0.39, 0.29) is 5.91 Å². The number of nitrogens with zero attached hydrogens (tertiary/aromatic N) is 3. The summed E-state index contributed by atoms with van der Waals surface area (Å²) >= 11 is 0. The first-order chi connectivity index (χ1) is 15.7. The first kappa shape index (κ1) is 21.3. The topological polar surface area (TPSA) is 69.0 Å². The standard InChI is InChI=1S/C26H26N4O2/c1-20-23(18-30(29-20)24-12-6-3-7-13-24)11-8-15-28-26(31)22-14-16-27-25(17-22)32-19-21-9-4-2-5-10-21/h2-7,9-10,12-14,16-18H,8,11,15,19H2,1H3,(H,28,31). The van der Waals surface area contributed by atoms with Crippen LogP contribution in [0.1, 0.15) is 33.6 Å². The molecule has 0 atom stereocenters. The van der Waals surface area contributed by atoms with Gasteiger partial charge in [0.2, 0.25) is 5.88 Å². The quantitative estimate of drug-likeness (QED) is 0.400. The maximum Gasteiger partial charge on any atom is 0.251 e. The van der Waals surface area contributed by atoms with E-state index >= 15 is 0 Å². The number of nitrogens with one attached hydrogen (secondary N) is 1. The molecule has 0 radical (unpaired) electrons. The summed E-state index contributed by atoms with van der Waals surface area (Å²) < 4.78 is 7.62. The Morgan fingerprint density at radius 3 is 2.56 bits per heavy atom. The van der Waals surface area contributed by atoms with Gasteiger partial charge in [-0.2, -0.15) is 5.10 Å². The van der Waals surface area contributed by atoms with Gasteiger partial charge in [-0.25, -0.2) is 9.67 Å². The lowest BCUT2D eigenvalue weighted by Gasteiger charge is -2.08. The smallest absolute Gasteiger partial charge is 0.251 e. The van der Waals surface area contributed by atoms with Crippen molar-refractivity contribution in [1.29, 1.82) is 0 Å². The number of amides is 1. The fourth-order valence-electron chi connectivity index (χ4n) is 3.40. The van der Waals surface area contributed by atoms with E-state index < -0.39 is 0 Å². The zero-order valence-corrected chi connectivity index (χ0v) is 18.1. The van der Waals surface area contributed by atoms with Crippen LogP contribution < -0.4 is 10.1 Å². The molecule has 6 nitrogen and oxygen atoms in total. The van der Waals surface area contributed by atoms with Crippen molar-refractivity contribution >= 4 is 5.91 Å². The van der Waals surface area contributed by atoms with E-state index in [2.05, 4.69) is 21.6 Å². The molecule has 0 saturated heterocycles. The van der Waals surface area contributed by atoms with Gasteiger partial charge in [-0.1, -0.05) is 48.5 Å². The van der Waals surface area contributed by atoms with Crippen molar-refractivity contribution in [2.75, 3.05) is 6.54 Å². The van der Waals surface area contributed by atoms with E-state index in [1.807, 2.05) is 72.3 Å². The molecule has 0 aliphatic carbocycles. The van der Waals surface area contributed by atoms with Crippen LogP contribution in [0.25, 0.3) is 5.69 Å². The summed E-state index contributed by atoms with van der Waals surface area (Å²) in [5.74, 6) is 0.305. The number of pyridine rings is 1. The number of hydrogen-bond donors (Lipinski definition) is 1. The fraction of sp³-hybridized carbons (Fsp3) is 0.192. The number of para-hydroxylation sites is 1. The summed E-state index contributed by atoms with van der Waals surface area (Å²) in [5, 5.41) is 7.58. The molecule has 4 rings (SSSR count). The normalized spacial score (nSPS) is 10.7. The third-order valence-corrected chi connectivity index (χ3v) is 5.16. The Kier molecular flexibility index (Phi) is 6.92. The van der Waals surface area contributed by atoms with E-state index in [1.165, 1.54) is 5.56 Å². The van der Waals surface area contributed by atoms with E-state index in [1.54, 1.807) is 18.3 Å². The van der Waals surface area contributed by atoms with Gasteiger partial charge in [0.15, 0.2) is 0 Å². The van der Waals surface area contributed by atoms with Gasteiger partial charge in [0.1, 0.15) is 6.61 Å². The molecule has 1 amide bonds. The number of ether oxygens (including phenoxy) is 1. The highest BCUT2D eigenvalue weighted by molar-refractivity contribution is 5.94. The van der Waals surface area contributed by atoms with Gasteiger partial charge in [-0.15, -0.1) is 0 Å². The lowest BCUT2D eigenvalue weighted by molar-refractivity contribution is 0.0952. The highest BCUT2D eigenvalue weighted by Gasteiger charge is 2.09. The monoisotopic (exact) mass is 426 g/mol. The molecule has 2 aromatic heterocycles. The van der Waals surface area contributed by atoms with E-state index in [0.29, 0.717) is 24.6 Å². The average Bonchev–Trinajstić information content (AvgIpc) is 3.22. The zero-order valence-electron chi connectivity index (χ0n) is 18.1. The molecular formula is C26H26N4O2. The molecule has 32 heavy (non-hydrogen) atoms. The number of carbonyl (C=O) groups is 1. The van der Waals surface area contributed by atoms with Gasteiger partial charge in [-0.3, -0.25) is 4.79 Å². The Morgan fingerprint density at radius 1 is 1.03 bits per heavy atom. The van der Waals surface area contributed by atoms with Crippen molar-refractivity contribution in [2.24, 2.45) is 0 Å². The molecule has 0 fully saturated rings. The molecule has 0 aliphatic heterocycles. The van der Waals surface area contributed by atoms with Crippen molar-refractivity contribution in [3.05, 3.63) is 108 Å². The third kappa shape index (κ3) is 5.60. The average molecular weight is 427 g/mol. The third-order valence-electron chi connectivity index (χ3n) is 5.16. The van der Waals surface area contributed by atoms with Crippen LogP contribution in [0.2, 0.25) is 0 Å². The lowest BCUT2D eigenvalue weighted by Crippen LogP contribution is -2.24. The second kappa shape index (κ2) is 10.4. The van der Waals surface area contributed by atoms with Crippen LogP contribution in [-0.4, -0.2) is 27.2 Å². The Morgan fingerprint density at radius 2 is 1.78 bits per heavy atom. The lowest BCUT2D eigenvalue weighted by atomic mass is 10.1. The first-order valence-electron chi connectivity index (χ1n) is 10.7. The number of benzene rings is 2. The minimum absolute atomic E-state index is 0.131. The van der Waals surface area contributed by atoms with Crippen LogP contribution in [0.15, 0.2) is 85.2 Å². The molecule has 6 heteroatoms. The summed E-state index contributed by atoms with van der Waals surface area (Å²) in [6.45, 7) is 3.01. The van der Waals surface area contributed by atoms with Crippen molar-refractivity contribution < 1.29 is 9.53 Å². The van der Waals surface area contributed by atoms with Gasteiger partial charge < -0.3 is 10.1 Å². The molecule has 4 aromatic rings. The van der Waals surface area contributed by atoms with Gasteiger partial charge in [-0.05, 0) is 49.1 Å². The molecule has 0 saturated carbocycles. The van der Waals surface area contributed by atoms with Crippen LogP contribution in [0, 0.1) is 6.92 Å². The largest absolute Gasteiger partial charge is 0.473 e. The fourth-order valence-corrected chi connectivity index (χ4v) is 3.40. The summed E-state index contributed by atoms with van der Waals surface area (Å²) in [6, 6.07) is 23.3. The van der Waals surface area contributed by atoms with Gasteiger partial charge >= 0.3 is 0 Å². The molecule has 2 heterocycles. The van der Waals surface area contributed by atoms with Gasteiger partial charge in [0.05, 0.1) is 11.4 Å². The zero-order chi connectivity index (χ0) is 22.2. The van der Waals surface area contributed by atoms with Crippen LogP contribution >= 0.6 is 0 Å². The van der Waals surface area contributed by atoms with E-state index in [0.717, 1.165) is 29.8 Å². The summed E-state index contributed by atoms with van der Waals surface area (Å²) in [7, 11) is 0. The SMILES string of the molecule is Cc1nn(-c2ccccc2)cc1CCCNC(=O)c1ccnc(OCc2ccccc2)c1. The first-order valence-corrected chi connectivity index (χ1v) is 10.7. The molecule has 1 N–H and O–H groups in total. The summed E-state index contributed by atoms with van der Waals surface area (Å²) in [5.41, 5.74) is 4.82. The molecule has 0 spiro atoms. The molecule has 2 aromatic carbocycles. The van der Waals surface area contributed by atoms with Crippen molar-refractivity contribution in [1.82, 2.24) is 20.1 Å². The van der Waals surface area contributed by atoms with Crippen molar-refractivity contribution in [3.63, 3.8) is 0 Å². The Labute approximate surface area is 187 Å². The molecule has 0 bridgehead atoms. The van der Waals surface area contributed by atoms with Crippen LogP contribution in [0.3, 0.4) is 0 Å². The van der Waals surface area contributed by atoms with Crippen LogP contribution in [-0.2, 0) is 13.0 Å².